The summed E-state index contributed by atoms with van der Waals surface area (Å²) in [5.74, 6) is 1.27. The summed E-state index contributed by atoms with van der Waals surface area (Å²) in [5.41, 5.74) is 3.74. The molecule has 0 saturated heterocycles. The zero-order valence-electron chi connectivity index (χ0n) is 20.2. The van der Waals surface area contributed by atoms with Crippen LogP contribution >= 0.6 is 22.9 Å². The number of hydrogen-bond acceptors (Lipinski definition) is 6. The van der Waals surface area contributed by atoms with Gasteiger partial charge in [0.15, 0.2) is 5.13 Å². The van der Waals surface area contributed by atoms with Crippen LogP contribution in [0.15, 0.2) is 24.4 Å². The Hall–Kier alpha value is -2.45. The van der Waals surface area contributed by atoms with Gasteiger partial charge < -0.3 is 10.1 Å². The predicted octanol–water partition coefficient (Wildman–Crippen LogP) is 6.19. The number of rotatable bonds is 9. The lowest BCUT2D eigenvalue weighted by Gasteiger charge is -2.16. The lowest BCUT2D eigenvalue weighted by Crippen LogP contribution is -2.17. The van der Waals surface area contributed by atoms with E-state index in [1.165, 1.54) is 36.1 Å². The van der Waals surface area contributed by atoms with Gasteiger partial charge in [0.25, 0.3) is 0 Å². The van der Waals surface area contributed by atoms with Gasteiger partial charge in [0.05, 0.1) is 42.3 Å². The number of aromatic nitrogens is 4. The molecule has 1 amide bonds. The van der Waals surface area contributed by atoms with Crippen LogP contribution in [0.25, 0.3) is 0 Å². The minimum atomic E-state index is -0.188. The summed E-state index contributed by atoms with van der Waals surface area (Å²) >= 11 is 7.16. The zero-order chi connectivity index (χ0) is 24.2. The molecule has 7 nitrogen and oxygen atoms in total. The topological polar surface area (TPSA) is 81.9 Å². The van der Waals surface area contributed by atoms with E-state index in [1.54, 1.807) is 0 Å². The number of nitrogens with zero attached hydrogens (tertiary/aromatic N) is 4. The van der Waals surface area contributed by atoms with Gasteiger partial charge in [0.1, 0.15) is 10.1 Å². The number of nitrogens with one attached hydrogen (secondary N) is 1. The fraction of sp³-hybridized carbons (Fsp3) is 0.520. The molecule has 0 aliphatic heterocycles. The molecule has 0 bridgehead atoms. The standard InChI is InChI=1S/C25H32ClN5O2S/c1-15(2)21-12-22(16(3)4)31(30-21)14-18-10-20(33-19-7-5-6-8-19)9-17(28-18)11-24(32)29-25-27-13-23(26)34-25/h9-10,12-13,15-16,19H,5-8,11,14H2,1-4H3,(H,27,29,32). The highest BCUT2D eigenvalue weighted by atomic mass is 35.5. The number of ether oxygens (including phenoxy) is 1. The first-order valence-electron chi connectivity index (χ1n) is 11.9. The molecular formula is C25H32ClN5O2S. The van der Waals surface area contributed by atoms with E-state index >= 15 is 0 Å². The molecule has 1 fully saturated rings. The first kappa shape index (κ1) is 24.7. The molecule has 1 aliphatic carbocycles. The maximum atomic E-state index is 12.7. The summed E-state index contributed by atoms with van der Waals surface area (Å²) in [6.45, 7) is 9.17. The second kappa shape index (κ2) is 10.9. The van der Waals surface area contributed by atoms with Crippen LogP contribution in [0.3, 0.4) is 0 Å². The number of pyridine rings is 1. The summed E-state index contributed by atoms with van der Waals surface area (Å²) < 4.78 is 8.85. The second-order valence-electron chi connectivity index (χ2n) is 9.47. The van der Waals surface area contributed by atoms with Crippen molar-refractivity contribution < 1.29 is 9.53 Å². The monoisotopic (exact) mass is 501 g/mol. The number of thiazole rings is 1. The van der Waals surface area contributed by atoms with Crippen LogP contribution in [0.4, 0.5) is 5.13 Å². The van der Waals surface area contributed by atoms with E-state index in [-0.39, 0.29) is 18.4 Å². The molecule has 4 rings (SSSR count). The van der Waals surface area contributed by atoms with Crippen molar-refractivity contribution in [2.45, 2.75) is 84.3 Å². The Morgan fingerprint density at radius 3 is 2.56 bits per heavy atom. The number of carbonyl (C=O) groups excluding carboxylic acids is 1. The zero-order valence-corrected chi connectivity index (χ0v) is 21.7. The molecule has 1 saturated carbocycles. The van der Waals surface area contributed by atoms with Crippen molar-refractivity contribution >= 4 is 34.0 Å². The van der Waals surface area contributed by atoms with Crippen molar-refractivity contribution in [1.29, 1.82) is 0 Å². The van der Waals surface area contributed by atoms with E-state index in [2.05, 4.69) is 44.1 Å². The van der Waals surface area contributed by atoms with Crippen LogP contribution in [-0.4, -0.2) is 31.8 Å². The van der Waals surface area contributed by atoms with Crippen molar-refractivity contribution in [1.82, 2.24) is 19.7 Å². The van der Waals surface area contributed by atoms with Crippen molar-refractivity contribution in [2.75, 3.05) is 5.32 Å². The number of carbonyl (C=O) groups is 1. The molecule has 0 unspecified atom stereocenters. The van der Waals surface area contributed by atoms with Gasteiger partial charge in [-0.15, -0.1) is 0 Å². The van der Waals surface area contributed by atoms with Crippen LogP contribution in [0.5, 0.6) is 5.75 Å². The Kier molecular flexibility index (Phi) is 7.88. The van der Waals surface area contributed by atoms with Crippen molar-refractivity contribution in [3.05, 3.63) is 51.5 Å². The molecule has 0 radical (unpaired) electrons. The van der Waals surface area contributed by atoms with Crippen LogP contribution < -0.4 is 10.1 Å². The molecule has 1 aliphatic rings. The third-order valence-electron chi connectivity index (χ3n) is 5.90. The van der Waals surface area contributed by atoms with Crippen LogP contribution in [-0.2, 0) is 17.8 Å². The van der Waals surface area contributed by atoms with Crippen molar-refractivity contribution in [3.63, 3.8) is 0 Å². The smallest absolute Gasteiger partial charge is 0.232 e. The highest BCUT2D eigenvalue weighted by molar-refractivity contribution is 7.19. The minimum absolute atomic E-state index is 0.124. The second-order valence-corrected chi connectivity index (χ2v) is 11.1. The third-order valence-corrected chi connectivity index (χ3v) is 6.93. The Morgan fingerprint density at radius 1 is 1.18 bits per heavy atom. The Morgan fingerprint density at radius 2 is 1.91 bits per heavy atom. The first-order valence-corrected chi connectivity index (χ1v) is 13.1. The van der Waals surface area contributed by atoms with E-state index in [1.807, 2.05) is 16.8 Å². The lowest BCUT2D eigenvalue weighted by molar-refractivity contribution is -0.115. The predicted molar refractivity (Wildman–Crippen MR) is 136 cm³/mol. The summed E-state index contributed by atoms with van der Waals surface area (Å²) in [7, 11) is 0. The molecule has 0 aromatic carbocycles. The van der Waals surface area contributed by atoms with Crippen molar-refractivity contribution in [3.8, 4) is 5.75 Å². The fourth-order valence-corrected chi connectivity index (χ4v) is 5.00. The number of halogens is 1. The van der Waals surface area contributed by atoms with Gasteiger partial charge in [-0.05, 0) is 43.6 Å². The van der Waals surface area contributed by atoms with Crippen molar-refractivity contribution in [2.24, 2.45) is 0 Å². The third kappa shape index (κ3) is 6.36. The van der Waals surface area contributed by atoms with Gasteiger partial charge in [0.2, 0.25) is 5.91 Å². The first-order chi connectivity index (χ1) is 16.3. The van der Waals surface area contributed by atoms with Gasteiger partial charge >= 0.3 is 0 Å². The number of amides is 1. The summed E-state index contributed by atoms with van der Waals surface area (Å²) in [6.07, 6.45) is 6.38. The van der Waals surface area contributed by atoms with Crippen LogP contribution in [0, 0.1) is 0 Å². The Bertz CT molecular complexity index is 1130. The highest BCUT2D eigenvalue weighted by Gasteiger charge is 2.19. The average molecular weight is 502 g/mol. The summed E-state index contributed by atoms with van der Waals surface area (Å²) in [6, 6.07) is 6.05. The molecular weight excluding hydrogens is 470 g/mol. The Labute approximate surface area is 209 Å². The average Bonchev–Trinajstić information content (AvgIpc) is 3.49. The SMILES string of the molecule is CC(C)c1cc(C(C)C)n(Cc2cc(OC3CCCC3)cc(CC(=O)Nc3ncc(Cl)s3)n2)n1. The van der Waals surface area contributed by atoms with E-state index in [9.17, 15) is 4.79 Å². The molecule has 34 heavy (non-hydrogen) atoms. The van der Waals surface area contributed by atoms with E-state index in [4.69, 9.17) is 26.4 Å². The van der Waals surface area contributed by atoms with Crippen LogP contribution in [0.2, 0.25) is 4.34 Å². The molecule has 3 heterocycles. The molecule has 3 aromatic rings. The normalized spacial score (nSPS) is 14.3. The largest absolute Gasteiger partial charge is 0.490 e. The van der Waals surface area contributed by atoms with Gasteiger partial charge in [0, 0.05) is 17.8 Å². The molecule has 1 N–H and O–H groups in total. The molecule has 9 heteroatoms. The van der Waals surface area contributed by atoms with Crippen LogP contribution in [0.1, 0.15) is 88.0 Å². The number of hydrogen-bond donors (Lipinski definition) is 1. The summed E-state index contributed by atoms with van der Waals surface area (Å²) in [5, 5.41) is 8.12. The van der Waals surface area contributed by atoms with Gasteiger partial charge in [-0.1, -0.05) is 50.6 Å². The highest BCUT2D eigenvalue weighted by Crippen LogP contribution is 2.27. The quantitative estimate of drug-likeness (QED) is 0.378. The Balaban J connectivity index is 1.58. The molecule has 182 valence electrons. The van der Waals surface area contributed by atoms with Gasteiger partial charge in [-0.2, -0.15) is 5.10 Å². The van der Waals surface area contributed by atoms with Gasteiger partial charge in [-0.25, -0.2) is 4.98 Å². The molecule has 3 aromatic heterocycles. The maximum Gasteiger partial charge on any atom is 0.232 e. The van der Waals surface area contributed by atoms with E-state index in [0.717, 1.165) is 30.0 Å². The maximum absolute atomic E-state index is 12.7. The number of anilines is 1. The van der Waals surface area contributed by atoms with E-state index in [0.29, 0.717) is 33.5 Å². The lowest BCUT2D eigenvalue weighted by atomic mass is 10.1. The summed E-state index contributed by atoms with van der Waals surface area (Å²) in [4.78, 5) is 21.5. The molecule has 0 spiro atoms. The van der Waals surface area contributed by atoms with Gasteiger partial charge in [-0.3, -0.25) is 14.5 Å². The van der Waals surface area contributed by atoms with E-state index < -0.39 is 0 Å². The molecule has 0 atom stereocenters. The minimum Gasteiger partial charge on any atom is -0.490 e. The fourth-order valence-electron chi connectivity index (χ4n) is 4.18.